The van der Waals surface area contributed by atoms with Gasteiger partial charge in [0.05, 0.1) is 6.26 Å². The summed E-state index contributed by atoms with van der Waals surface area (Å²) in [6.45, 7) is 0.711. The van der Waals surface area contributed by atoms with E-state index < -0.39 is 0 Å². The summed E-state index contributed by atoms with van der Waals surface area (Å²) in [5.41, 5.74) is 1.62. The molecule has 0 bridgehead atoms. The van der Waals surface area contributed by atoms with Gasteiger partial charge in [0.2, 0.25) is 0 Å². The molecule has 0 aromatic carbocycles. The molecule has 4 heteroatoms. The van der Waals surface area contributed by atoms with Crippen molar-refractivity contribution in [1.82, 2.24) is 5.32 Å². The number of halogens is 1. The van der Waals surface area contributed by atoms with Gasteiger partial charge in [-0.1, -0.05) is 15.9 Å². The van der Waals surface area contributed by atoms with Crippen molar-refractivity contribution in [2.75, 3.05) is 11.9 Å². The number of carbonyl (C=O) groups excluding carboxylic acids is 1. The van der Waals surface area contributed by atoms with Gasteiger partial charge >= 0.3 is 0 Å². The molecule has 0 radical (unpaired) electrons. The molecule has 0 saturated carbocycles. The first-order valence-corrected chi connectivity index (χ1v) is 6.75. The lowest BCUT2D eigenvalue weighted by molar-refractivity contribution is 0.0953. The zero-order chi connectivity index (χ0) is 12.1. The Balaban J connectivity index is 1.97. The maximum atomic E-state index is 11.8. The van der Waals surface area contributed by atoms with Gasteiger partial charge in [-0.05, 0) is 37.1 Å². The minimum absolute atomic E-state index is 0.0361. The van der Waals surface area contributed by atoms with Crippen LogP contribution in [0, 0.1) is 0 Å². The van der Waals surface area contributed by atoms with Crippen molar-refractivity contribution in [3.8, 4) is 11.3 Å². The van der Waals surface area contributed by atoms with Crippen LogP contribution in [-0.2, 0) is 0 Å². The minimum Gasteiger partial charge on any atom is -0.464 e. The van der Waals surface area contributed by atoms with E-state index in [2.05, 4.69) is 21.2 Å². The molecule has 2 rings (SSSR count). The van der Waals surface area contributed by atoms with E-state index >= 15 is 0 Å². The normalized spacial score (nSPS) is 10.6. The number of unbranched alkanes of at least 4 members (excludes halogenated alkanes) is 1. The zero-order valence-corrected chi connectivity index (χ0v) is 11.0. The number of alkyl halides is 1. The first kappa shape index (κ1) is 12.2. The Kier molecular flexibility index (Phi) is 4.20. The SMILES string of the molecule is O=C(NCCCCBr)c1cc2cccoc-2c1. The Hall–Kier alpha value is -1.29. The van der Waals surface area contributed by atoms with Gasteiger partial charge in [-0.3, -0.25) is 4.79 Å². The van der Waals surface area contributed by atoms with E-state index in [1.54, 1.807) is 12.3 Å². The number of hydrogen-bond donors (Lipinski definition) is 1. The van der Waals surface area contributed by atoms with Crippen LogP contribution in [0.2, 0.25) is 0 Å². The number of carbonyl (C=O) groups is 1. The summed E-state index contributed by atoms with van der Waals surface area (Å²) in [4.78, 5) is 11.8. The van der Waals surface area contributed by atoms with Gasteiger partial charge in [-0.15, -0.1) is 0 Å². The van der Waals surface area contributed by atoms with E-state index in [4.69, 9.17) is 4.42 Å². The third-order valence-corrected chi connectivity index (χ3v) is 3.10. The third-order valence-electron chi connectivity index (χ3n) is 2.54. The molecular formula is C13H14BrNO2. The van der Waals surface area contributed by atoms with Gasteiger partial charge < -0.3 is 9.73 Å². The second-order valence-electron chi connectivity index (χ2n) is 3.83. The van der Waals surface area contributed by atoms with Crippen LogP contribution in [0.3, 0.4) is 0 Å². The van der Waals surface area contributed by atoms with Crippen molar-refractivity contribution in [1.29, 1.82) is 0 Å². The van der Waals surface area contributed by atoms with E-state index in [-0.39, 0.29) is 5.91 Å². The molecule has 1 N–H and O–H groups in total. The maximum absolute atomic E-state index is 11.8. The highest BCUT2D eigenvalue weighted by Gasteiger charge is 2.13. The second-order valence-corrected chi connectivity index (χ2v) is 4.62. The molecule has 0 aromatic heterocycles. The second kappa shape index (κ2) is 5.87. The summed E-state index contributed by atoms with van der Waals surface area (Å²) in [6, 6.07) is 7.37. The third kappa shape index (κ3) is 3.09. The predicted molar refractivity (Wildman–Crippen MR) is 70.7 cm³/mol. The first-order chi connectivity index (χ1) is 8.31. The summed E-state index contributed by atoms with van der Waals surface area (Å²) in [6.07, 6.45) is 3.67. The lowest BCUT2D eigenvalue weighted by atomic mass is 10.2. The van der Waals surface area contributed by atoms with Crippen LogP contribution in [0.4, 0.5) is 0 Å². The Morgan fingerprint density at radius 3 is 3.00 bits per heavy atom. The molecule has 0 atom stereocenters. The number of fused-ring (bicyclic) bond motifs is 1. The Labute approximate surface area is 109 Å². The van der Waals surface area contributed by atoms with Crippen molar-refractivity contribution in [2.45, 2.75) is 12.8 Å². The van der Waals surface area contributed by atoms with E-state index in [1.807, 2.05) is 18.2 Å². The van der Waals surface area contributed by atoms with Crippen LogP contribution >= 0.6 is 15.9 Å². The largest absolute Gasteiger partial charge is 0.464 e. The summed E-state index contributed by atoms with van der Waals surface area (Å²) in [7, 11) is 0. The fraction of sp³-hybridized carbons (Fsp3) is 0.308. The van der Waals surface area contributed by atoms with Crippen molar-refractivity contribution in [3.05, 3.63) is 36.1 Å². The van der Waals surface area contributed by atoms with Crippen LogP contribution < -0.4 is 5.32 Å². The number of nitrogens with one attached hydrogen (secondary N) is 1. The number of rotatable bonds is 5. The molecule has 0 spiro atoms. The van der Waals surface area contributed by atoms with Gasteiger partial charge in [0.25, 0.3) is 5.91 Å². The lowest BCUT2D eigenvalue weighted by Gasteiger charge is -2.01. The monoisotopic (exact) mass is 295 g/mol. The van der Waals surface area contributed by atoms with Crippen LogP contribution in [0.5, 0.6) is 0 Å². The Morgan fingerprint density at radius 2 is 2.24 bits per heavy atom. The van der Waals surface area contributed by atoms with Crippen LogP contribution in [0.1, 0.15) is 23.2 Å². The number of hydrogen-bond acceptors (Lipinski definition) is 2. The first-order valence-electron chi connectivity index (χ1n) is 5.62. The van der Waals surface area contributed by atoms with E-state index in [0.29, 0.717) is 12.1 Å². The molecule has 0 aromatic rings. The molecule has 1 amide bonds. The minimum atomic E-state index is -0.0361. The highest BCUT2D eigenvalue weighted by molar-refractivity contribution is 9.09. The molecular weight excluding hydrogens is 282 g/mol. The summed E-state index contributed by atoms with van der Waals surface area (Å²) in [5.74, 6) is 0.712. The van der Waals surface area contributed by atoms with Gasteiger partial charge in [-0.2, -0.15) is 0 Å². The van der Waals surface area contributed by atoms with Gasteiger partial charge in [0.15, 0.2) is 0 Å². The molecule has 1 aliphatic carbocycles. The quantitative estimate of drug-likeness (QED) is 0.679. The van der Waals surface area contributed by atoms with Crippen LogP contribution in [-0.4, -0.2) is 17.8 Å². The van der Waals surface area contributed by atoms with Gasteiger partial charge in [0, 0.05) is 23.0 Å². The van der Waals surface area contributed by atoms with Crippen LogP contribution in [0.15, 0.2) is 34.9 Å². The molecule has 17 heavy (non-hydrogen) atoms. The molecule has 2 aliphatic rings. The Morgan fingerprint density at radius 1 is 1.35 bits per heavy atom. The van der Waals surface area contributed by atoms with Crippen LogP contribution in [0.25, 0.3) is 11.3 Å². The topological polar surface area (TPSA) is 42.2 Å². The highest BCUT2D eigenvalue weighted by Crippen LogP contribution is 2.25. The predicted octanol–water partition coefficient (Wildman–Crippen LogP) is 3.29. The van der Waals surface area contributed by atoms with Crippen molar-refractivity contribution in [2.24, 2.45) is 0 Å². The standard InChI is InChI=1S/C13H14BrNO2/c14-5-1-2-6-15-13(16)11-8-10-4-3-7-17-12(10)9-11/h3-4,7-9H,1-2,5-6H2,(H,15,16). The summed E-state index contributed by atoms with van der Waals surface area (Å²) < 4.78 is 5.30. The molecule has 1 aliphatic heterocycles. The van der Waals surface area contributed by atoms with E-state index in [9.17, 15) is 4.79 Å². The Bertz CT molecular complexity index is 436. The molecule has 0 saturated heterocycles. The molecule has 90 valence electrons. The van der Waals surface area contributed by atoms with E-state index in [0.717, 1.165) is 29.5 Å². The number of amides is 1. The van der Waals surface area contributed by atoms with Gasteiger partial charge in [-0.25, -0.2) is 0 Å². The maximum Gasteiger partial charge on any atom is 0.251 e. The highest BCUT2D eigenvalue weighted by atomic mass is 79.9. The average Bonchev–Trinajstić information content (AvgIpc) is 2.78. The fourth-order valence-corrected chi connectivity index (χ4v) is 2.04. The van der Waals surface area contributed by atoms with Crippen molar-refractivity contribution >= 4 is 21.8 Å². The van der Waals surface area contributed by atoms with E-state index in [1.165, 1.54) is 0 Å². The van der Waals surface area contributed by atoms with Crippen molar-refractivity contribution in [3.63, 3.8) is 0 Å². The molecule has 3 nitrogen and oxygen atoms in total. The molecule has 0 unspecified atom stereocenters. The molecule has 1 heterocycles. The smallest absolute Gasteiger partial charge is 0.251 e. The fourth-order valence-electron chi connectivity index (χ4n) is 1.65. The zero-order valence-electron chi connectivity index (χ0n) is 9.41. The summed E-state index contributed by atoms with van der Waals surface area (Å²) >= 11 is 3.36. The lowest BCUT2D eigenvalue weighted by Crippen LogP contribution is -2.23. The van der Waals surface area contributed by atoms with Gasteiger partial charge in [0.1, 0.15) is 5.76 Å². The summed E-state index contributed by atoms with van der Waals surface area (Å²) in [5, 5.41) is 3.87. The molecule has 0 fully saturated rings. The average molecular weight is 296 g/mol. The van der Waals surface area contributed by atoms with Crippen molar-refractivity contribution < 1.29 is 9.21 Å².